The molecule has 0 aromatic carbocycles. The molecular formula is C19H22ClN3O5. The zero-order chi connectivity index (χ0) is 20.4. The number of fused-ring (bicyclic) bond motifs is 3. The zero-order valence-corrected chi connectivity index (χ0v) is 16.6. The fourth-order valence-electron chi connectivity index (χ4n) is 3.76. The van der Waals surface area contributed by atoms with Gasteiger partial charge in [-0.2, -0.15) is 0 Å². The highest BCUT2D eigenvalue weighted by Crippen LogP contribution is 2.44. The van der Waals surface area contributed by atoms with E-state index in [1.807, 2.05) is 25.3 Å². The Labute approximate surface area is 166 Å². The number of hydrogen-bond acceptors (Lipinski definition) is 5. The molecule has 2 aromatic heterocycles. The first-order valence-electron chi connectivity index (χ1n) is 9.17. The second-order valence-electron chi connectivity index (χ2n) is 8.55. The van der Waals surface area contributed by atoms with Gasteiger partial charge in [0, 0.05) is 25.1 Å². The highest BCUT2D eigenvalue weighted by atomic mass is 35.5. The lowest BCUT2D eigenvalue weighted by molar-refractivity contribution is -0.0131. The van der Waals surface area contributed by atoms with Gasteiger partial charge in [-0.25, -0.2) is 4.79 Å². The first-order chi connectivity index (χ1) is 13.1. The molecule has 0 unspecified atom stereocenters. The van der Waals surface area contributed by atoms with Gasteiger partial charge >= 0.3 is 5.97 Å². The van der Waals surface area contributed by atoms with Gasteiger partial charge in [-0.1, -0.05) is 32.4 Å². The van der Waals surface area contributed by atoms with Crippen LogP contribution in [0.25, 0.3) is 11.4 Å². The summed E-state index contributed by atoms with van der Waals surface area (Å²) in [5, 5.41) is 23.6. The van der Waals surface area contributed by atoms with Crippen LogP contribution in [-0.4, -0.2) is 42.7 Å². The van der Waals surface area contributed by atoms with Crippen molar-refractivity contribution in [2.24, 2.45) is 5.41 Å². The van der Waals surface area contributed by atoms with Crippen LogP contribution < -0.4 is 10.2 Å². The molecule has 0 bridgehead atoms. The molecule has 3 heterocycles. The van der Waals surface area contributed by atoms with Crippen LogP contribution in [0.3, 0.4) is 0 Å². The fourth-order valence-corrected chi connectivity index (χ4v) is 4.04. The lowest BCUT2D eigenvalue weighted by Gasteiger charge is -2.38. The molecule has 2 aromatic rings. The van der Waals surface area contributed by atoms with Gasteiger partial charge in [0.25, 0.3) is 5.88 Å². The summed E-state index contributed by atoms with van der Waals surface area (Å²) in [5.74, 6) is -0.991. The Morgan fingerprint density at radius 1 is 1.36 bits per heavy atom. The number of carbonyl (C=O) groups is 1. The van der Waals surface area contributed by atoms with Crippen LogP contribution in [0.15, 0.2) is 17.1 Å². The van der Waals surface area contributed by atoms with Gasteiger partial charge in [0.2, 0.25) is 0 Å². The van der Waals surface area contributed by atoms with Crippen molar-refractivity contribution in [1.29, 1.82) is 0 Å². The van der Waals surface area contributed by atoms with Gasteiger partial charge in [-0.15, -0.1) is 5.10 Å². The first-order valence-corrected chi connectivity index (χ1v) is 9.55. The highest BCUT2D eigenvalue weighted by molar-refractivity contribution is 6.34. The summed E-state index contributed by atoms with van der Waals surface area (Å²) in [4.78, 5) is 23.8. The fraction of sp³-hybridized carbons (Fsp3) is 0.526. The van der Waals surface area contributed by atoms with Crippen molar-refractivity contribution >= 4 is 17.6 Å². The van der Waals surface area contributed by atoms with Crippen molar-refractivity contribution in [3.63, 3.8) is 0 Å². The van der Waals surface area contributed by atoms with E-state index in [9.17, 15) is 19.8 Å². The van der Waals surface area contributed by atoms with Gasteiger partial charge in [-0.3, -0.25) is 9.48 Å². The Morgan fingerprint density at radius 3 is 2.61 bits per heavy atom. The molecule has 0 amide bonds. The van der Waals surface area contributed by atoms with E-state index in [0.29, 0.717) is 30.8 Å². The van der Waals surface area contributed by atoms with Crippen LogP contribution in [0.2, 0.25) is 5.02 Å². The Hall–Kier alpha value is -2.32. The summed E-state index contributed by atoms with van der Waals surface area (Å²) in [6.07, 6.45) is 1.95. The maximum absolute atomic E-state index is 12.4. The van der Waals surface area contributed by atoms with Crippen LogP contribution in [0, 0.1) is 5.41 Å². The van der Waals surface area contributed by atoms with Crippen LogP contribution in [0.5, 0.6) is 5.88 Å². The van der Waals surface area contributed by atoms with E-state index in [0.717, 1.165) is 0 Å². The molecule has 9 heteroatoms. The van der Waals surface area contributed by atoms with Crippen LogP contribution in [0.4, 0.5) is 0 Å². The van der Waals surface area contributed by atoms with Gasteiger partial charge in [0.1, 0.15) is 22.4 Å². The highest BCUT2D eigenvalue weighted by Gasteiger charge is 2.37. The molecule has 1 aliphatic heterocycles. The van der Waals surface area contributed by atoms with E-state index in [2.05, 4.69) is 5.10 Å². The molecular weight excluding hydrogens is 386 g/mol. The molecule has 1 aliphatic carbocycles. The second-order valence-corrected chi connectivity index (χ2v) is 8.92. The lowest BCUT2D eigenvalue weighted by Crippen LogP contribution is -2.37. The van der Waals surface area contributed by atoms with Crippen molar-refractivity contribution in [1.82, 2.24) is 14.3 Å². The number of hydrogen-bond donors (Lipinski definition) is 2. The largest absolute Gasteiger partial charge is 0.477 e. The Morgan fingerprint density at radius 2 is 2.04 bits per heavy atom. The van der Waals surface area contributed by atoms with Crippen LogP contribution in [0.1, 0.15) is 50.0 Å². The van der Waals surface area contributed by atoms with Crippen molar-refractivity contribution in [2.45, 2.75) is 58.4 Å². The van der Waals surface area contributed by atoms with E-state index in [-0.39, 0.29) is 40.1 Å². The minimum atomic E-state index is -1.26. The van der Waals surface area contributed by atoms with Crippen LogP contribution in [-0.2, 0) is 6.54 Å². The van der Waals surface area contributed by atoms with Crippen LogP contribution >= 0.6 is 11.6 Å². The zero-order valence-electron chi connectivity index (χ0n) is 15.8. The Bertz CT molecular complexity index is 1010. The van der Waals surface area contributed by atoms with E-state index in [4.69, 9.17) is 16.3 Å². The molecule has 8 nitrogen and oxygen atoms in total. The summed E-state index contributed by atoms with van der Waals surface area (Å²) in [7, 11) is 0. The predicted molar refractivity (Wildman–Crippen MR) is 102 cm³/mol. The standard InChI is InChI=1S/C19H22ClN3O5/c1-19(2,3)14-8-23-16(12-6-13(25)11(18(26)27)7-22(12)14)15(20)17(21-23)28-10-4-9(24)5-10/h6-7,9-10,14,24H,4-5,8H2,1-3H3,(H,26,27)/t9-,10-,14-/m0/s1. The van der Waals surface area contributed by atoms with Crippen molar-refractivity contribution in [2.75, 3.05) is 0 Å². The lowest BCUT2D eigenvalue weighted by atomic mass is 9.85. The van der Waals surface area contributed by atoms with Gasteiger partial charge in [-0.05, 0) is 5.41 Å². The van der Waals surface area contributed by atoms with E-state index >= 15 is 0 Å². The normalized spacial score (nSPS) is 23.5. The number of rotatable bonds is 3. The molecule has 0 saturated heterocycles. The average molecular weight is 408 g/mol. The Balaban J connectivity index is 1.85. The smallest absolute Gasteiger partial charge is 0.341 e. The minimum absolute atomic E-state index is 0.136. The maximum Gasteiger partial charge on any atom is 0.341 e. The third-order valence-electron chi connectivity index (χ3n) is 5.45. The molecule has 2 aliphatic rings. The van der Waals surface area contributed by atoms with Crippen molar-refractivity contribution in [3.05, 3.63) is 33.1 Å². The van der Waals surface area contributed by atoms with Crippen molar-refractivity contribution in [3.8, 4) is 17.3 Å². The molecule has 0 radical (unpaired) electrons. The monoisotopic (exact) mass is 407 g/mol. The quantitative estimate of drug-likeness (QED) is 0.809. The van der Waals surface area contributed by atoms with Crippen molar-refractivity contribution < 1.29 is 19.7 Å². The SMILES string of the molecule is CC(C)(C)[C@@H]1Cn2nc(O[C@H]3C[C@H](O)C3)c(Cl)c2-c2cc(=O)c(C(=O)O)cn21. The number of ether oxygens (including phenoxy) is 1. The summed E-state index contributed by atoms with van der Waals surface area (Å²) in [6.45, 7) is 6.60. The number of aliphatic hydroxyl groups is 1. The number of pyridine rings is 1. The summed E-state index contributed by atoms with van der Waals surface area (Å²) < 4.78 is 9.36. The predicted octanol–water partition coefficient (Wildman–Crippen LogP) is 2.57. The molecule has 150 valence electrons. The Kier molecular flexibility index (Phi) is 4.31. The number of aromatic nitrogens is 3. The molecule has 1 saturated carbocycles. The molecule has 28 heavy (non-hydrogen) atoms. The molecule has 1 fully saturated rings. The second kappa shape index (κ2) is 6.35. The molecule has 4 rings (SSSR count). The topological polar surface area (TPSA) is 107 Å². The summed E-state index contributed by atoms with van der Waals surface area (Å²) in [5.41, 5.74) is -0.0357. The number of nitrogens with zero attached hydrogens (tertiary/aromatic N) is 3. The van der Waals surface area contributed by atoms with Gasteiger partial charge in [0.05, 0.1) is 24.4 Å². The summed E-state index contributed by atoms with van der Waals surface area (Å²) >= 11 is 6.55. The molecule has 2 N–H and O–H groups in total. The number of carboxylic acids is 1. The molecule has 1 atom stereocenters. The third-order valence-corrected chi connectivity index (χ3v) is 5.79. The number of aliphatic hydroxyl groups excluding tert-OH is 1. The van der Waals surface area contributed by atoms with E-state index in [1.165, 1.54) is 12.3 Å². The van der Waals surface area contributed by atoms with E-state index in [1.54, 1.807) is 4.68 Å². The third kappa shape index (κ3) is 3.00. The number of carboxylic acid groups (broad SMARTS) is 1. The van der Waals surface area contributed by atoms with E-state index < -0.39 is 11.4 Å². The van der Waals surface area contributed by atoms with Gasteiger partial charge < -0.3 is 19.5 Å². The minimum Gasteiger partial charge on any atom is -0.477 e. The van der Waals surface area contributed by atoms with Gasteiger partial charge in [0.15, 0.2) is 5.43 Å². The molecule has 0 spiro atoms. The number of halogens is 1. The number of aromatic carboxylic acids is 1. The average Bonchev–Trinajstić information content (AvgIpc) is 2.87. The first kappa shape index (κ1) is 19.0. The maximum atomic E-state index is 12.4. The summed E-state index contributed by atoms with van der Waals surface area (Å²) in [6, 6.07) is 1.17.